The van der Waals surface area contributed by atoms with Crippen LogP contribution in [0, 0.1) is 0 Å². The van der Waals surface area contributed by atoms with Crippen LogP contribution in [0.25, 0.3) is 0 Å². The number of hydrogen-bond acceptors (Lipinski definition) is 2. The first kappa shape index (κ1) is 10.8. The van der Waals surface area contributed by atoms with Crippen molar-refractivity contribution in [3.05, 3.63) is 35.9 Å². The molecule has 0 spiro atoms. The van der Waals surface area contributed by atoms with Crippen LogP contribution in [0.5, 0.6) is 0 Å². The maximum Gasteiger partial charge on any atom is 0.305 e. The van der Waals surface area contributed by atoms with Crippen LogP contribution in [0.3, 0.4) is 0 Å². The first-order chi connectivity index (χ1) is 6.83. The lowest BCUT2D eigenvalue weighted by Gasteiger charge is -2.00. The van der Waals surface area contributed by atoms with E-state index in [2.05, 4.69) is 16.9 Å². The van der Waals surface area contributed by atoms with Gasteiger partial charge in [-0.3, -0.25) is 4.79 Å². The van der Waals surface area contributed by atoms with Crippen molar-refractivity contribution >= 4 is 5.97 Å². The quantitative estimate of drug-likeness (QED) is 0.529. The van der Waals surface area contributed by atoms with Gasteiger partial charge >= 0.3 is 5.97 Å². The number of rotatable bonds is 5. The van der Waals surface area contributed by atoms with Gasteiger partial charge in [0.15, 0.2) is 0 Å². The zero-order chi connectivity index (χ0) is 10.2. The van der Waals surface area contributed by atoms with Crippen LogP contribution in [0.1, 0.15) is 24.8 Å². The monoisotopic (exact) mass is 192 g/mol. The minimum Gasteiger partial charge on any atom is -0.469 e. The van der Waals surface area contributed by atoms with E-state index >= 15 is 0 Å². The molecule has 0 aliphatic rings. The van der Waals surface area contributed by atoms with Gasteiger partial charge in [-0.05, 0) is 24.8 Å². The smallest absolute Gasteiger partial charge is 0.305 e. The molecular weight excluding hydrogens is 176 g/mol. The van der Waals surface area contributed by atoms with Crippen LogP contribution in [0.2, 0.25) is 0 Å². The highest BCUT2D eigenvalue weighted by Gasteiger charge is 1.99. The van der Waals surface area contributed by atoms with Gasteiger partial charge in [0.2, 0.25) is 0 Å². The predicted molar refractivity (Wildman–Crippen MR) is 56.0 cm³/mol. The molecule has 1 aromatic rings. The highest BCUT2D eigenvalue weighted by Crippen LogP contribution is 2.06. The van der Waals surface area contributed by atoms with Crippen molar-refractivity contribution in [2.24, 2.45) is 0 Å². The Morgan fingerprint density at radius 1 is 1.21 bits per heavy atom. The Labute approximate surface area is 84.9 Å². The van der Waals surface area contributed by atoms with E-state index in [1.807, 2.05) is 18.2 Å². The van der Waals surface area contributed by atoms with Gasteiger partial charge in [0, 0.05) is 6.42 Å². The molecule has 14 heavy (non-hydrogen) atoms. The van der Waals surface area contributed by atoms with Crippen LogP contribution < -0.4 is 0 Å². The molecule has 0 aromatic heterocycles. The summed E-state index contributed by atoms with van der Waals surface area (Å²) in [6.45, 7) is 0. The number of benzene rings is 1. The van der Waals surface area contributed by atoms with Gasteiger partial charge in [0.1, 0.15) is 0 Å². The van der Waals surface area contributed by atoms with Crippen molar-refractivity contribution in [3.8, 4) is 0 Å². The Morgan fingerprint density at radius 2 is 1.93 bits per heavy atom. The van der Waals surface area contributed by atoms with Gasteiger partial charge in [-0.2, -0.15) is 0 Å². The Bertz CT molecular complexity index is 267. The molecule has 0 fully saturated rings. The molecule has 0 saturated carbocycles. The van der Waals surface area contributed by atoms with Crippen molar-refractivity contribution in [2.45, 2.75) is 25.7 Å². The van der Waals surface area contributed by atoms with Crippen LogP contribution in [0.4, 0.5) is 0 Å². The number of ether oxygens (including phenoxy) is 1. The largest absolute Gasteiger partial charge is 0.469 e. The van der Waals surface area contributed by atoms with Crippen molar-refractivity contribution in [2.75, 3.05) is 7.11 Å². The lowest BCUT2D eigenvalue weighted by Crippen LogP contribution is -1.99. The summed E-state index contributed by atoms with van der Waals surface area (Å²) < 4.78 is 4.56. The maximum absolute atomic E-state index is 10.8. The number of unbranched alkanes of at least 4 members (excludes halogenated alkanes) is 1. The van der Waals surface area contributed by atoms with E-state index in [-0.39, 0.29) is 5.97 Å². The lowest BCUT2D eigenvalue weighted by molar-refractivity contribution is -0.140. The fraction of sp³-hybridized carbons (Fsp3) is 0.417. The molecule has 0 atom stereocenters. The van der Waals surface area contributed by atoms with Gasteiger partial charge < -0.3 is 4.74 Å². The van der Waals surface area contributed by atoms with Crippen LogP contribution in [-0.2, 0) is 16.0 Å². The fourth-order valence-electron chi connectivity index (χ4n) is 1.35. The molecule has 0 saturated heterocycles. The van der Waals surface area contributed by atoms with Gasteiger partial charge in [-0.25, -0.2) is 0 Å². The molecule has 0 bridgehead atoms. The molecule has 0 aliphatic heterocycles. The average molecular weight is 192 g/mol. The van der Waals surface area contributed by atoms with Crippen LogP contribution >= 0.6 is 0 Å². The molecular formula is C12H16O2. The molecule has 0 amide bonds. The van der Waals surface area contributed by atoms with E-state index in [4.69, 9.17) is 0 Å². The van der Waals surface area contributed by atoms with Crippen molar-refractivity contribution in [1.82, 2.24) is 0 Å². The maximum atomic E-state index is 10.8. The van der Waals surface area contributed by atoms with Crippen LogP contribution in [0.15, 0.2) is 30.3 Å². The SMILES string of the molecule is COC(=O)CCCCc1ccccc1. The van der Waals surface area contributed by atoms with Crippen molar-refractivity contribution < 1.29 is 9.53 Å². The highest BCUT2D eigenvalue weighted by atomic mass is 16.5. The number of carbonyl (C=O) groups excluding carboxylic acids is 1. The second kappa shape index (κ2) is 6.19. The lowest BCUT2D eigenvalue weighted by atomic mass is 10.1. The molecule has 2 nitrogen and oxygen atoms in total. The van der Waals surface area contributed by atoms with Gasteiger partial charge in [0.25, 0.3) is 0 Å². The average Bonchev–Trinajstić information content (AvgIpc) is 2.25. The summed E-state index contributed by atoms with van der Waals surface area (Å²) >= 11 is 0. The second-order valence-corrected chi connectivity index (χ2v) is 3.27. The normalized spacial score (nSPS) is 9.79. The summed E-state index contributed by atoms with van der Waals surface area (Å²) in [5.41, 5.74) is 1.33. The molecule has 76 valence electrons. The Balaban J connectivity index is 2.13. The van der Waals surface area contributed by atoms with E-state index < -0.39 is 0 Å². The molecule has 0 N–H and O–H groups in total. The molecule has 0 radical (unpaired) electrons. The summed E-state index contributed by atoms with van der Waals surface area (Å²) in [7, 11) is 1.43. The summed E-state index contributed by atoms with van der Waals surface area (Å²) in [6, 6.07) is 10.3. The summed E-state index contributed by atoms with van der Waals surface area (Å²) in [5.74, 6) is -0.113. The number of methoxy groups -OCH3 is 1. The third-order valence-corrected chi connectivity index (χ3v) is 2.17. The van der Waals surface area contributed by atoms with E-state index in [0.717, 1.165) is 19.3 Å². The molecule has 1 aromatic carbocycles. The van der Waals surface area contributed by atoms with E-state index in [1.54, 1.807) is 0 Å². The number of esters is 1. The standard InChI is InChI=1S/C12H16O2/c1-14-12(13)10-6-5-9-11-7-3-2-4-8-11/h2-4,7-8H,5-6,9-10H2,1H3. The Hall–Kier alpha value is -1.31. The first-order valence-corrected chi connectivity index (χ1v) is 4.93. The third kappa shape index (κ3) is 4.08. The zero-order valence-corrected chi connectivity index (χ0v) is 8.53. The Morgan fingerprint density at radius 3 is 2.57 bits per heavy atom. The summed E-state index contributed by atoms with van der Waals surface area (Å²) in [6.07, 6.45) is 3.52. The van der Waals surface area contributed by atoms with Crippen molar-refractivity contribution in [3.63, 3.8) is 0 Å². The minimum absolute atomic E-state index is 0.113. The topological polar surface area (TPSA) is 26.3 Å². The molecule has 2 heteroatoms. The van der Waals surface area contributed by atoms with Crippen molar-refractivity contribution in [1.29, 1.82) is 0 Å². The number of hydrogen-bond donors (Lipinski definition) is 0. The predicted octanol–water partition coefficient (Wildman–Crippen LogP) is 2.57. The zero-order valence-electron chi connectivity index (χ0n) is 8.53. The number of carbonyl (C=O) groups is 1. The highest BCUT2D eigenvalue weighted by molar-refractivity contribution is 5.68. The number of aryl methyl sites for hydroxylation is 1. The second-order valence-electron chi connectivity index (χ2n) is 3.27. The summed E-state index contributed by atoms with van der Waals surface area (Å²) in [5, 5.41) is 0. The van der Waals surface area contributed by atoms with E-state index in [9.17, 15) is 4.79 Å². The fourth-order valence-corrected chi connectivity index (χ4v) is 1.35. The molecule has 0 aliphatic carbocycles. The molecule has 1 rings (SSSR count). The first-order valence-electron chi connectivity index (χ1n) is 4.93. The van der Waals surface area contributed by atoms with Gasteiger partial charge in [0.05, 0.1) is 7.11 Å². The molecule has 0 unspecified atom stereocenters. The summed E-state index contributed by atoms with van der Waals surface area (Å²) in [4.78, 5) is 10.8. The minimum atomic E-state index is -0.113. The van der Waals surface area contributed by atoms with E-state index in [0.29, 0.717) is 6.42 Å². The molecule has 0 heterocycles. The third-order valence-electron chi connectivity index (χ3n) is 2.17. The van der Waals surface area contributed by atoms with Crippen LogP contribution in [-0.4, -0.2) is 13.1 Å². The van der Waals surface area contributed by atoms with Gasteiger partial charge in [-0.1, -0.05) is 30.3 Å². The van der Waals surface area contributed by atoms with E-state index in [1.165, 1.54) is 12.7 Å². The van der Waals surface area contributed by atoms with Gasteiger partial charge in [-0.15, -0.1) is 0 Å². The Kier molecular flexibility index (Phi) is 4.76.